The van der Waals surface area contributed by atoms with Crippen LogP contribution in [-0.4, -0.2) is 59.6 Å². The summed E-state index contributed by atoms with van der Waals surface area (Å²) in [6, 6.07) is 5.40. The Balaban J connectivity index is 1.65. The van der Waals surface area contributed by atoms with Gasteiger partial charge >= 0.3 is 6.03 Å². The highest BCUT2D eigenvalue weighted by Crippen LogP contribution is 2.24. The second kappa shape index (κ2) is 8.11. The number of aryl methyl sites for hydroxylation is 1. The summed E-state index contributed by atoms with van der Waals surface area (Å²) in [5.41, 5.74) is 1.97. The Hall–Kier alpha value is -2.08. The van der Waals surface area contributed by atoms with E-state index in [2.05, 4.69) is 12.2 Å². The molecule has 6 heteroatoms. The molecule has 1 aromatic rings. The van der Waals surface area contributed by atoms with Gasteiger partial charge in [-0.15, -0.1) is 0 Å². The molecule has 0 spiro atoms. The first kappa shape index (κ1) is 20.6. The van der Waals surface area contributed by atoms with Crippen LogP contribution in [0.5, 0.6) is 0 Å². The molecule has 0 saturated carbocycles. The van der Waals surface area contributed by atoms with E-state index in [1.54, 1.807) is 4.90 Å². The number of anilines is 1. The molecule has 2 heterocycles. The minimum absolute atomic E-state index is 0.00264. The second-order valence-corrected chi connectivity index (χ2v) is 9.00. The fourth-order valence-electron chi connectivity index (χ4n) is 4.13. The third-order valence-electron chi connectivity index (χ3n) is 5.64. The van der Waals surface area contributed by atoms with Crippen LogP contribution in [0.4, 0.5) is 10.5 Å². The molecule has 2 fully saturated rings. The summed E-state index contributed by atoms with van der Waals surface area (Å²) in [5, 5.41) is 3.00. The summed E-state index contributed by atoms with van der Waals surface area (Å²) >= 11 is 0. The summed E-state index contributed by atoms with van der Waals surface area (Å²) in [5.74, 6) is 0.771. The summed E-state index contributed by atoms with van der Waals surface area (Å²) in [6.07, 6.45) is 2.13. The molecule has 154 valence electrons. The molecule has 6 nitrogen and oxygen atoms in total. The summed E-state index contributed by atoms with van der Waals surface area (Å²) < 4.78 is 5.87. The van der Waals surface area contributed by atoms with Crippen molar-refractivity contribution in [3.63, 3.8) is 0 Å². The van der Waals surface area contributed by atoms with Crippen LogP contribution in [0.15, 0.2) is 18.2 Å². The molecule has 1 aromatic carbocycles. The van der Waals surface area contributed by atoms with E-state index in [0.717, 1.165) is 37.2 Å². The molecule has 2 saturated heterocycles. The maximum absolute atomic E-state index is 12.8. The highest BCUT2D eigenvalue weighted by atomic mass is 16.5. The van der Waals surface area contributed by atoms with Gasteiger partial charge in [0.1, 0.15) is 0 Å². The van der Waals surface area contributed by atoms with Crippen LogP contribution < -0.4 is 5.32 Å². The van der Waals surface area contributed by atoms with Crippen molar-refractivity contribution in [1.29, 1.82) is 0 Å². The number of rotatable bonds is 2. The summed E-state index contributed by atoms with van der Waals surface area (Å²) in [6.45, 7) is 12.9. The van der Waals surface area contributed by atoms with Crippen molar-refractivity contribution in [3.05, 3.63) is 29.3 Å². The molecule has 3 amide bonds. The van der Waals surface area contributed by atoms with Gasteiger partial charge in [-0.1, -0.05) is 6.92 Å². The van der Waals surface area contributed by atoms with Crippen molar-refractivity contribution in [2.75, 3.05) is 31.5 Å². The van der Waals surface area contributed by atoms with E-state index in [-0.39, 0.29) is 23.6 Å². The van der Waals surface area contributed by atoms with Gasteiger partial charge < -0.3 is 19.9 Å². The fourth-order valence-corrected chi connectivity index (χ4v) is 4.13. The molecular weight excluding hydrogens is 354 g/mol. The summed E-state index contributed by atoms with van der Waals surface area (Å²) in [4.78, 5) is 29.2. The molecule has 1 unspecified atom stereocenters. The number of carbonyl (C=O) groups is 2. The number of ether oxygens (including phenoxy) is 1. The van der Waals surface area contributed by atoms with Gasteiger partial charge in [0.05, 0.1) is 18.2 Å². The van der Waals surface area contributed by atoms with Crippen LogP contribution in [0.25, 0.3) is 0 Å². The standard InChI is InChI=1S/C22H33N3O3/c1-15-8-10-24(11-9-15)20(26)18-6-7-19(16(2)12-18)23-21(27)25-13-17(3)28-22(4,5)14-25/h6-7,12,15,17H,8-11,13-14H2,1-5H3,(H,23,27). The van der Waals surface area contributed by atoms with Gasteiger partial charge in [-0.25, -0.2) is 4.79 Å². The van der Waals surface area contributed by atoms with Crippen molar-refractivity contribution < 1.29 is 14.3 Å². The summed E-state index contributed by atoms with van der Waals surface area (Å²) in [7, 11) is 0. The zero-order chi connectivity index (χ0) is 20.5. The molecule has 2 aliphatic heterocycles. The minimum atomic E-state index is -0.355. The predicted molar refractivity (Wildman–Crippen MR) is 111 cm³/mol. The largest absolute Gasteiger partial charge is 0.369 e. The lowest BCUT2D eigenvalue weighted by Crippen LogP contribution is -2.54. The lowest BCUT2D eigenvalue weighted by atomic mass is 9.98. The SMILES string of the molecule is Cc1cc(C(=O)N2CCC(C)CC2)ccc1NC(=O)N1CC(C)OC(C)(C)C1. The van der Waals surface area contributed by atoms with Crippen LogP contribution >= 0.6 is 0 Å². The van der Waals surface area contributed by atoms with Crippen LogP contribution in [-0.2, 0) is 4.74 Å². The van der Waals surface area contributed by atoms with E-state index in [4.69, 9.17) is 4.74 Å². The number of nitrogens with zero attached hydrogens (tertiary/aromatic N) is 2. The van der Waals surface area contributed by atoms with E-state index in [1.165, 1.54) is 0 Å². The highest BCUT2D eigenvalue weighted by molar-refractivity contribution is 5.96. The smallest absolute Gasteiger partial charge is 0.322 e. The number of hydrogen-bond donors (Lipinski definition) is 1. The molecule has 0 bridgehead atoms. The number of benzene rings is 1. The van der Waals surface area contributed by atoms with E-state index < -0.39 is 0 Å². The van der Waals surface area contributed by atoms with Crippen molar-refractivity contribution in [2.24, 2.45) is 5.92 Å². The number of piperidine rings is 1. The van der Waals surface area contributed by atoms with Gasteiger partial charge in [0.2, 0.25) is 0 Å². The normalized spacial score (nSPS) is 22.8. The van der Waals surface area contributed by atoms with E-state index in [1.807, 2.05) is 50.8 Å². The average molecular weight is 388 g/mol. The fraction of sp³-hybridized carbons (Fsp3) is 0.636. The maximum Gasteiger partial charge on any atom is 0.322 e. The number of morpholine rings is 1. The third-order valence-corrected chi connectivity index (χ3v) is 5.64. The number of nitrogens with one attached hydrogen (secondary N) is 1. The molecule has 1 atom stereocenters. The first-order valence-electron chi connectivity index (χ1n) is 10.3. The van der Waals surface area contributed by atoms with Gasteiger partial charge in [-0.05, 0) is 70.2 Å². The zero-order valence-electron chi connectivity index (χ0n) is 17.7. The van der Waals surface area contributed by atoms with Crippen molar-refractivity contribution >= 4 is 17.6 Å². The van der Waals surface area contributed by atoms with Crippen molar-refractivity contribution in [2.45, 2.75) is 59.2 Å². The Morgan fingerprint density at radius 2 is 1.82 bits per heavy atom. The molecule has 3 rings (SSSR count). The topological polar surface area (TPSA) is 61.9 Å². The number of carbonyl (C=O) groups excluding carboxylic acids is 2. The molecule has 0 aromatic heterocycles. The maximum atomic E-state index is 12.8. The van der Waals surface area contributed by atoms with E-state index in [9.17, 15) is 9.59 Å². The lowest BCUT2D eigenvalue weighted by molar-refractivity contribution is -0.116. The Morgan fingerprint density at radius 1 is 1.14 bits per heavy atom. The van der Waals surface area contributed by atoms with Crippen LogP contribution in [0.1, 0.15) is 56.5 Å². The zero-order valence-corrected chi connectivity index (χ0v) is 17.7. The lowest BCUT2D eigenvalue weighted by Gasteiger charge is -2.41. The molecule has 0 radical (unpaired) electrons. The molecule has 28 heavy (non-hydrogen) atoms. The van der Waals surface area contributed by atoms with E-state index >= 15 is 0 Å². The van der Waals surface area contributed by atoms with Crippen molar-refractivity contribution in [3.8, 4) is 0 Å². The van der Waals surface area contributed by atoms with Crippen LogP contribution in [0.2, 0.25) is 0 Å². The quantitative estimate of drug-likeness (QED) is 0.837. The van der Waals surface area contributed by atoms with Crippen LogP contribution in [0.3, 0.4) is 0 Å². The third kappa shape index (κ3) is 4.85. The second-order valence-electron chi connectivity index (χ2n) is 9.00. The molecule has 1 N–H and O–H groups in total. The van der Waals surface area contributed by atoms with Gasteiger partial charge in [-0.3, -0.25) is 4.79 Å². The number of urea groups is 1. The van der Waals surface area contributed by atoms with Crippen LogP contribution in [0, 0.1) is 12.8 Å². The van der Waals surface area contributed by atoms with Crippen molar-refractivity contribution in [1.82, 2.24) is 9.80 Å². The first-order chi connectivity index (χ1) is 13.1. The number of likely N-dealkylation sites (tertiary alicyclic amines) is 1. The van der Waals surface area contributed by atoms with Gasteiger partial charge in [0.15, 0.2) is 0 Å². The minimum Gasteiger partial charge on any atom is -0.369 e. The van der Waals surface area contributed by atoms with Gasteiger partial charge in [0.25, 0.3) is 5.91 Å². The van der Waals surface area contributed by atoms with E-state index in [0.29, 0.717) is 24.6 Å². The average Bonchev–Trinajstić information content (AvgIpc) is 2.61. The Labute approximate surface area is 168 Å². The Bertz CT molecular complexity index is 739. The van der Waals surface area contributed by atoms with Gasteiger partial charge in [0, 0.05) is 30.9 Å². The molecule has 0 aliphatic carbocycles. The monoisotopic (exact) mass is 387 g/mol. The number of hydrogen-bond acceptors (Lipinski definition) is 3. The highest BCUT2D eigenvalue weighted by Gasteiger charge is 2.33. The Morgan fingerprint density at radius 3 is 2.43 bits per heavy atom. The molecule has 2 aliphatic rings. The number of amides is 3. The predicted octanol–water partition coefficient (Wildman–Crippen LogP) is 3.90. The Kier molecular flexibility index (Phi) is 5.98. The van der Waals surface area contributed by atoms with Gasteiger partial charge in [-0.2, -0.15) is 0 Å². The first-order valence-corrected chi connectivity index (χ1v) is 10.3. The molecular formula is C22H33N3O3.